The van der Waals surface area contributed by atoms with Crippen molar-refractivity contribution in [2.75, 3.05) is 31.2 Å². The van der Waals surface area contributed by atoms with Gasteiger partial charge in [0.05, 0.1) is 30.6 Å². The number of allylic oxidation sites excluding steroid dienone is 1. The van der Waals surface area contributed by atoms with Crippen molar-refractivity contribution in [3.63, 3.8) is 0 Å². The number of nitrogens with one attached hydrogen (secondary N) is 1. The Morgan fingerprint density at radius 3 is 2.67 bits per heavy atom. The van der Waals surface area contributed by atoms with Gasteiger partial charge in [0.1, 0.15) is 11.5 Å². The Hall–Kier alpha value is -4.30. The van der Waals surface area contributed by atoms with Crippen LogP contribution in [-0.4, -0.2) is 59.1 Å². The Bertz CT molecular complexity index is 1550. The number of fused-ring (bicyclic) bond motifs is 1. The molecular weight excluding hydrogens is 492 g/mol. The van der Waals surface area contributed by atoms with Crippen molar-refractivity contribution in [1.82, 2.24) is 15.0 Å². The largest absolute Gasteiger partial charge is 0.459 e. The molecule has 8 heteroatoms. The molecule has 200 valence electrons. The number of carbonyl (C=O) groups excluding carboxylic acids is 2. The fourth-order valence-corrected chi connectivity index (χ4v) is 4.80. The van der Waals surface area contributed by atoms with Crippen molar-refractivity contribution in [1.29, 1.82) is 0 Å². The molecule has 1 fully saturated rings. The van der Waals surface area contributed by atoms with Crippen LogP contribution in [0.15, 0.2) is 61.4 Å². The molecule has 39 heavy (non-hydrogen) atoms. The van der Waals surface area contributed by atoms with Crippen molar-refractivity contribution in [2.45, 2.75) is 33.3 Å². The first kappa shape index (κ1) is 26.3. The Balaban J connectivity index is 1.69. The van der Waals surface area contributed by atoms with Crippen LogP contribution in [0.3, 0.4) is 0 Å². The normalized spacial score (nSPS) is 13.6. The summed E-state index contributed by atoms with van der Waals surface area (Å²) in [7, 11) is 0. The Kier molecular flexibility index (Phi) is 7.56. The molecule has 0 radical (unpaired) electrons. The summed E-state index contributed by atoms with van der Waals surface area (Å²) in [5, 5.41) is 0.790. The third-order valence-electron chi connectivity index (χ3n) is 6.83. The summed E-state index contributed by atoms with van der Waals surface area (Å²) in [6.45, 7) is 12.1. The van der Waals surface area contributed by atoms with Crippen molar-refractivity contribution in [3.05, 3.63) is 78.1 Å². The molecule has 0 unspecified atom stereocenters. The zero-order valence-corrected chi connectivity index (χ0v) is 22.5. The highest BCUT2D eigenvalue weighted by molar-refractivity contribution is 6.05. The lowest BCUT2D eigenvalue weighted by Gasteiger charge is -2.28. The highest BCUT2D eigenvalue weighted by Crippen LogP contribution is 2.39. The Labute approximate surface area is 227 Å². The van der Waals surface area contributed by atoms with Gasteiger partial charge in [0.25, 0.3) is 0 Å². The van der Waals surface area contributed by atoms with Crippen LogP contribution >= 0.6 is 0 Å². The number of anilines is 1. The van der Waals surface area contributed by atoms with Gasteiger partial charge >= 0.3 is 5.97 Å². The molecule has 1 aromatic carbocycles. The van der Waals surface area contributed by atoms with E-state index in [1.54, 1.807) is 6.20 Å². The lowest BCUT2D eigenvalue weighted by Crippen LogP contribution is -2.36. The molecule has 1 saturated heterocycles. The van der Waals surface area contributed by atoms with E-state index in [0.717, 1.165) is 57.8 Å². The summed E-state index contributed by atoms with van der Waals surface area (Å²) in [5.41, 5.74) is 6.57. The van der Waals surface area contributed by atoms with E-state index in [1.807, 2.05) is 51.1 Å². The maximum Gasteiger partial charge on any atom is 0.339 e. The molecule has 3 aromatic heterocycles. The summed E-state index contributed by atoms with van der Waals surface area (Å²) in [5.74, 6) is 0.405. The van der Waals surface area contributed by atoms with E-state index >= 15 is 0 Å². The van der Waals surface area contributed by atoms with Gasteiger partial charge in [0, 0.05) is 48.4 Å². The first-order valence-corrected chi connectivity index (χ1v) is 13.1. The molecule has 0 aliphatic carbocycles. The Morgan fingerprint density at radius 2 is 1.92 bits per heavy atom. The van der Waals surface area contributed by atoms with Crippen LogP contribution in [0.4, 0.5) is 5.82 Å². The number of benzene rings is 1. The van der Waals surface area contributed by atoms with Crippen LogP contribution in [-0.2, 0) is 20.7 Å². The molecule has 0 atom stereocenters. The highest BCUT2D eigenvalue weighted by Gasteiger charge is 2.21. The molecule has 4 heterocycles. The van der Waals surface area contributed by atoms with Crippen LogP contribution in [0.1, 0.15) is 35.3 Å². The number of rotatable bonds is 8. The van der Waals surface area contributed by atoms with Gasteiger partial charge in [-0.3, -0.25) is 4.79 Å². The topological polar surface area (TPSA) is 97.4 Å². The maximum atomic E-state index is 12.8. The van der Waals surface area contributed by atoms with Gasteiger partial charge in [-0.1, -0.05) is 24.8 Å². The van der Waals surface area contributed by atoms with Crippen molar-refractivity contribution in [2.24, 2.45) is 0 Å². The minimum atomic E-state index is -0.423. The number of aromatic amines is 1. The van der Waals surface area contributed by atoms with Crippen LogP contribution in [0.5, 0.6) is 0 Å². The van der Waals surface area contributed by atoms with Crippen molar-refractivity contribution in [3.8, 4) is 22.4 Å². The second-order valence-corrected chi connectivity index (χ2v) is 9.94. The number of ether oxygens (including phenoxy) is 2. The number of pyridine rings is 2. The van der Waals surface area contributed by atoms with Gasteiger partial charge in [-0.25, -0.2) is 14.8 Å². The summed E-state index contributed by atoms with van der Waals surface area (Å²) >= 11 is 0. The van der Waals surface area contributed by atoms with Gasteiger partial charge in [-0.15, -0.1) is 0 Å². The van der Waals surface area contributed by atoms with E-state index in [2.05, 4.69) is 32.5 Å². The van der Waals surface area contributed by atoms with E-state index in [-0.39, 0.29) is 18.3 Å². The molecule has 4 aromatic rings. The molecule has 0 saturated carbocycles. The number of H-pyrrole nitrogens is 1. The highest BCUT2D eigenvalue weighted by atomic mass is 16.5. The number of aryl methyl sites for hydroxylation is 1. The second kappa shape index (κ2) is 11.2. The number of carbonyl (C=O) groups is 2. The lowest BCUT2D eigenvalue weighted by molar-refractivity contribution is -0.114. The molecule has 0 amide bonds. The zero-order chi connectivity index (χ0) is 27.5. The number of morpholine rings is 1. The smallest absolute Gasteiger partial charge is 0.339 e. The second-order valence-electron chi connectivity index (χ2n) is 9.94. The standard InChI is InChI=1S/C31H32N4O4/c1-5-25(36)15-23-14-21(7-6-20(23)4)28-26-16-24(31(37)39-19(2)3)18-33-30(26)34-29(28)22-8-9-32-27(17-22)35-10-12-38-13-11-35/h5-9,14,16-19H,1,10-13,15H2,2-4H3,(H,33,34). The summed E-state index contributed by atoms with van der Waals surface area (Å²) in [6.07, 6.45) is 4.71. The van der Waals surface area contributed by atoms with E-state index < -0.39 is 5.97 Å². The number of ketones is 1. The van der Waals surface area contributed by atoms with Gasteiger partial charge in [0.2, 0.25) is 0 Å². The number of hydrogen-bond acceptors (Lipinski definition) is 7. The average molecular weight is 525 g/mol. The molecule has 1 aliphatic heterocycles. The summed E-state index contributed by atoms with van der Waals surface area (Å²) < 4.78 is 10.9. The lowest BCUT2D eigenvalue weighted by atomic mass is 9.94. The molecule has 1 aliphatic rings. The first-order chi connectivity index (χ1) is 18.8. The molecule has 8 nitrogen and oxygen atoms in total. The maximum absolute atomic E-state index is 12.8. The monoisotopic (exact) mass is 524 g/mol. The molecule has 0 bridgehead atoms. The number of esters is 1. The van der Waals surface area contributed by atoms with Gasteiger partial charge in [-0.05, 0) is 61.7 Å². The minimum absolute atomic E-state index is 0.0425. The van der Waals surface area contributed by atoms with Crippen LogP contribution in [0.25, 0.3) is 33.4 Å². The molecule has 1 N–H and O–H groups in total. The van der Waals surface area contributed by atoms with E-state index in [0.29, 0.717) is 24.4 Å². The summed E-state index contributed by atoms with van der Waals surface area (Å²) in [4.78, 5) is 39.9. The molecular formula is C31H32N4O4. The third kappa shape index (κ3) is 5.61. The van der Waals surface area contributed by atoms with E-state index in [9.17, 15) is 9.59 Å². The van der Waals surface area contributed by atoms with E-state index in [4.69, 9.17) is 9.47 Å². The van der Waals surface area contributed by atoms with Crippen LogP contribution in [0.2, 0.25) is 0 Å². The number of aromatic nitrogens is 3. The van der Waals surface area contributed by atoms with Gasteiger partial charge in [-0.2, -0.15) is 0 Å². The Morgan fingerprint density at radius 1 is 1.13 bits per heavy atom. The third-order valence-corrected chi connectivity index (χ3v) is 6.83. The summed E-state index contributed by atoms with van der Waals surface area (Å²) in [6, 6.07) is 11.9. The van der Waals surface area contributed by atoms with Gasteiger partial charge in [0.15, 0.2) is 5.78 Å². The van der Waals surface area contributed by atoms with Gasteiger partial charge < -0.3 is 19.4 Å². The average Bonchev–Trinajstić information content (AvgIpc) is 3.33. The SMILES string of the molecule is C=CC(=O)Cc1cc(-c2c(-c3ccnc(N4CCOCC4)c3)[nH]c3ncc(C(=O)OC(C)C)cc23)ccc1C. The predicted octanol–water partition coefficient (Wildman–Crippen LogP) is 5.30. The molecule has 0 spiro atoms. The quantitative estimate of drug-likeness (QED) is 0.247. The fraction of sp³-hybridized carbons (Fsp3) is 0.290. The number of nitrogens with zero attached hydrogens (tertiary/aromatic N) is 3. The minimum Gasteiger partial charge on any atom is -0.459 e. The predicted molar refractivity (Wildman–Crippen MR) is 152 cm³/mol. The van der Waals surface area contributed by atoms with Crippen molar-refractivity contribution < 1.29 is 19.1 Å². The van der Waals surface area contributed by atoms with Crippen LogP contribution < -0.4 is 4.90 Å². The first-order valence-electron chi connectivity index (χ1n) is 13.1. The van der Waals surface area contributed by atoms with E-state index in [1.165, 1.54) is 12.3 Å². The zero-order valence-electron chi connectivity index (χ0n) is 22.5. The fourth-order valence-electron chi connectivity index (χ4n) is 4.80. The molecule has 5 rings (SSSR count). The van der Waals surface area contributed by atoms with Crippen molar-refractivity contribution >= 4 is 28.6 Å². The van der Waals surface area contributed by atoms with Crippen LogP contribution in [0, 0.1) is 6.92 Å². The number of hydrogen-bond donors (Lipinski definition) is 1.